The standard InChI is InChI=1S/C11H7Cl2N5O3/c12-7-3-4-17(16-7)11-6(5-8(13)14-15-11)21-18-9(19)1-2-10(18)20/h3-5H,1-2H2. The third kappa shape index (κ3) is 2.67. The normalized spacial score (nSPS) is 14.9. The van der Waals surface area contributed by atoms with Crippen molar-refractivity contribution in [2.24, 2.45) is 0 Å². The number of hydrogen-bond acceptors (Lipinski definition) is 6. The maximum absolute atomic E-state index is 11.6. The Hall–Kier alpha value is -2.19. The molecule has 1 aliphatic heterocycles. The van der Waals surface area contributed by atoms with E-state index in [1.807, 2.05) is 0 Å². The fraction of sp³-hybridized carbons (Fsp3) is 0.182. The van der Waals surface area contributed by atoms with Gasteiger partial charge in [-0.15, -0.1) is 15.3 Å². The monoisotopic (exact) mass is 327 g/mol. The van der Waals surface area contributed by atoms with E-state index in [4.69, 9.17) is 28.0 Å². The predicted molar refractivity (Wildman–Crippen MR) is 70.9 cm³/mol. The highest BCUT2D eigenvalue weighted by Gasteiger charge is 2.32. The molecular weight excluding hydrogens is 321 g/mol. The Labute approximate surface area is 128 Å². The summed E-state index contributed by atoms with van der Waals surface area (Å²) in [6.45, 7) is 0. The van der Waals surface area contributed by atoms with Gasteiger partial charge in [0, 0.05) is 25.1 Å². The van der Waals surface area contributed by atoms with Crippen molar-refractivity contribution in [2.45, 2.75) is 12.8 Å². The zero-order chi connectivity index (χ0) is 15.0. The largest absolute Gasteiger partial charge is 0.365 e. The van der Waals surface area contributed by atoms with Crippen molar-refractivity contribution in [3.8, 4) is 11.6 Å². The Bertz CT molecular complexity index is 716. The van der Waals surface area contributed by atoms with Crippen molar-refractivity contribution in [3.63, 3.8) is 0 Å². The molecule has 10 heteroatoms. The van der Waals surface area contributed by atoms with Gasteiger partial charge in [-0.1, -0.05) is 23.2 Å². The van der Waals surface area contributed by atoms with E-state index in [2.05, 4.69) is 15.3 Å². The van der Waals surface area contributed by atoms with Crippen molar-refractivity contribution in [2.75, 3.05) is 0 Å². The van der Waals surface area contributed by atoms with Crippen LogP contribution in [0.15, 0.2) is 18.3 Å². The van der Waals surface area contributed by atoms with Crippen LogP contribution < -0.4 is 4.84 Å². The van der Waals surface area contributed by atoms with E-state index in [1.165, 1.54) is 23.0 Å². The van der Waals surface area contributed by atoms with Crippen LogP contribution in [0.5, 0.6) is 5.75 Å². The van der Waals surface area contributed by atoms with Gasteiger partial charge in [0.15, 0.2) is 10.3 Å². The number of aromatic nitrogens is 4. The molecule has 0 unspecified atom stereocenters. The van der Waals surface area contributed by atoms with Crippen LogP contribution in [0.3, 0.4) is 0 Å². The van der Waals surface area contributed by atoms with Gasteiger partial charge in [0.2, 0.25) is 11.6 Å². The highest BCUT2D eigenvalue weighted by Crippen LogP contribution is 2.25. The zero-order valence-electron chi connectivity index (χ0n) is 10.4. The molecule has 8 nitrogen and oxygen atoms in total. The minimum Gasteiger partial charge on any atom is -0.365 e. The van der Waals surface area contributed by atoms with Crippen molar-refractivity contribution in [1.29, 1.82) is 0 Å². The van der Waals surface area contributed by atoms with Gasteiger partial charge in [0.1, 0.15) is 0 Å². The Morgan fingerprint density at radius 2 is 1.81 bits per heavy atom. The van der Waals surface area contributed by atoms with Crippen LogP contribution in [-0.2, 0) is 9.59 Å². The Kier molecular flexibility index (Phi) is 3.48. The van der Waals surface area contributed by atoms with Gasteiger partial charge in [0.25, 0.3) is 11.8 Å². The Balaban J connectivity index is 1.99. The second-order valence-corrected chi connectivity index (χ2v) is 4.89. The average molecular weight is 328 g/mol. The molecule has 0 atom stereocenters. The fourth-order valence-corrected chi connectivity index (χ4v) is 2.02. The first-order chi connectivity index (χ1) is 10.0. The van der Waals surface area contributed by atoms with Gasteiger partial charge in [-0.2, -0.15) is 5.10 Å². The van der Waals surface area contributed by atoms with Crippen molar-refractivity contribution in [1.82, 2.24) is 25.0 Å². The van der Waals surface area contributed by atoms with Crippen LogP contribution in [0, 0.1) is 0 Å². The number of carbonyl (C=O) groups is 2. The Morgan fingerprint density at radius 3 is 2.43 bits per heavy atom. The third-order valence-electron chi connectivity index (χ3n) is 2.68. The van der Waals surface area contributed by atoms with E-state index < -0.39 is 11.8 Å². The number of nitrogens with zero attached hydrogens (tertiary/aromatic N) is 5. The lowest BCUT2D eigenvalue weighted by atomic mass is 10.4. The summed E-state index contributed by atoms with van der Waals surface area (Å²) in [6.07, 6.45) is 1.74. The number of hydrogen-bond donors (Lipinski definition) is 0. The summed E-state index contributed by atoms with van der Waals surface area (Å²) in [5.74, 6) is -0.646. The lowest BCUT2D eigenvalue weighted by Crippen LogP contribution is -2.33. The van der Waals surface area contributed by atoms with E-state index in [0.29, 0.717) is 5.06 Å². The molecule has 2 amide bonds. The molecule has 0 spiro atoms. The summed E-state index contributed by atoms with van der Waals surface area (Å²) in [5.41, 5.74) is 0. The highest BCUT2D eigenvalue weighted by molar-refractivity contribution is 6.29. The molecule has 108 valence electrons. The van der Waals surface area contributed by atoms with Crippen molar-refractivity contribution < 1.29 is 14.4 Å². The molecule has 21 heavy (non-hydrogen) atoms. The van der Waals surface area contributed by atoms with E-state index in [0.717, 1.165) is 0 Å². The molecule has 0 aliphatic carbocycles. The van der Waals surface area contributed by atoms with E-state index >= 15 is 0 Å². The quantitative estimate of drug-likeness (QED) is 0.792. The number of carbonyl (C=O) groups excluding carboxylic acids is 2. The molecule has 1 saturated heterocycles. The van der Waals surface area contributed by atoms with Gasteiger partial charge in [0.05, 0.1) is 0 Å². The number of amides is 2. The minimum atomic E-state index is -0.433. The summed E-state index contributed by atoms with van der Waals surface area (Å²) in [4.78, 5) is 28.5. The molecule has 3 rings (SSSR count). The number of hydroxylamine groups is 2. The SMILES string of the molecule is O=C1CCC(=O)N1Oc1cc(Cl)nnc1-n1ccc(Cl)n1. The molecule has 0 aromatic carbocycles. The molecule has 1 aliphatic rings. The van der Waals surface area contributed by atoms with Crippen LogP contribution >= 0.6 is 23.2 Å². The second-order valence-electron chi connectivity index (χ2n) is 4.11. The van der Waals surface area contributed by atoms with Crippen LogP contribution in [-0.4, -0.2) is 36.9 Å². The lowest BCUT2D eigenvalue weighted by Gasteiger charge is -2.15. The molecule has 0 bridgehead atoms. The Morgan fingerprint density at radius 1 is 1.10 bits per heavy atom. The summed E-state index contributed by atoms with van der Waals surface area (Å²) >= 11 is 11.5. The number of rotatable bonds is 3. The summed E-state index contributed by atoms with van der Waals surface area (Å²) in [7, 11) is 0. The van der Waals surface area contributed by atoms with Gasteiger partial charge < -0.3 is 4.84 Å². The van der Waals surface area contributed by atoms with Crippen molar-refractivity contribution in [3.05, 3.63) is 28.6 Å². The minimum absolute atomic E-state index is 0.0473. The van der Waals surface area contributed by atoms with E-state index in [1.54, 1.807) is 0 Å². The third-order valence-corrected chi connectivity index (χ3v) is 3.07. The molecule has 3 heterocycles. The second kappa shape index (κ2) is 5.30. The van der Waals surface area contributed by atoms with E-state index in [-0.39, 0.29) is 34.7 Å². The first-order valence-electron chi connectivity index (χ1n) is 5.83. The number of imide groups is 1. The molecule has 1 fully saturated rings. The first kappa shape index (κ1) is 13.8. The van der Waals surface area contributed by atoms with Gasteiger partial charge in [-0.25, -0.2) is 4.68 Å². The van der Waals surface area contributed by atoms with Gasteiger partial charge in [-0.05, 0) is 6.07 Å². The molecule has 0 N–H and O–H groups in total. The summed E-state index contributed by atoms with van der Waals surface area (Å²) in [5, 5.41) is 12.4. The fourth-order valence-electron chi connectivity index (χ4n) is 1.75. The summed E-state index contributed by atoms with van der Waals surface area (Å²) < 4.78 is 1.30. The highest BCUT2D eigenvalue weighted by atomic mass is 35.5. The first-order valence-corrected chi connectivity index (χ1v) is 6.59. The molecule has 2 aromatic heterocycles. The van der Waals surface area contributed by atoms with Gasteiger partial charge in [-0.3, -0.25) is 9.59 Å². The van der Waals surface area contributed by atoms with E-state index in [9.17, 15) is 9.59 Å². The zero-order valence-corrected chi connectivity index (χ0v) is 11.9. The topological polar surface area (TPSA) is 90.2 Å². The summed E-state index contributed by atoms with van der Waals surface area (Å²) in [6, 6.07) is 2.87. The predicted octanol–water partition coefficient (Wildman–Crippen LogP) is 1.41. The maximum atomic E-state index is 11.6. The van der Waals surface area contributed by atoms with Crippen LogP contribution in [0.2, 0.25) is 10.3 Å². The molecule has 0 saturated carbocycles. The van der Waals surface area contributed by atoms with Crippen LogP contribution in [0.4, 0.5) is 0 Å². The average Bonchev–Trinajstić information content (AvgIpc) is 3.00. The smallest absolute Gasteiger partial charge is 0.263 e. The molecule has 0 radical (unpaired) electrons. The molecule has 2 aromatic rings. The maximum Gasteiger partial charge on any atom is 0.263 e. The van der Waals surface area contributed by atoms with Crippen LogP contribution in [0.1, 0.15) is 12.8 Å². The number of halogens is 2. The van der Waals surface area contributed by atoms with Crippen molar-refractivity contribution >= 4 is 35.0 Å². The van der Waals surface area contributed by atoms with Crippen LogP contribution in [0.25, 0.3) is 5.82 Å². The molecular formula is C11H7Cl2N5O3. The lowest BCUT2D eigenvalue weighted by molar-refractivity contribution is -0.164. The van der Waals surface area contributed by atoms with Gasteiger partial charge >= 0.3 is 0 Å².